The number of nitrogens with one attached hydrogen (secondary N) is 2. The SMILES string of the molecule is Cc1cc(NC(=O)C(C)SCC(=O)NC(C)c2cccc(C(F)(F)F)c2)no1. The monoisotopic (exact) mass is 415 g/mol. The Morgan fingerprint density at radius 1 is 1.25 bits per heavy atom. The highest BCUT2D eigenvalue weighted by molar-refractivity contribution is 8.01. The van der Waals surface area contributed by atoms with Crippen molar-refractivity contribution in [3.63, 3.8) is 0 Å². The number of benzene rings is 1. The van der Waals surface area contributed by atoms with E-state index in [4.69, 9.17) is 4.52 Å². The molecule has 2 rings (SSSR count). The fraction of sp³-hybridized carbons (Fsp3) is 0.389. The number of alkyl halides is 3. The Morgan fingerprint density at radius 3 is 2.57 bits per heavy atom. The number of thioether (sulfide) groups is 1. The zero-order valence-corrected chi connectivity index (χ0v) is 16.3. The van der Waals surface area contributed by atoms with Gasteiger partial charge in [-0.3, -0.25) is 9.59 Å². The first-order valence-electron chi connectivity index (χ1n) is 8.38. The minimum atomic E-state index is -4.44. The second-order valence-corrected chi connectivity index (χ2v) is 7.51. The first-order chi connectivity index (χ1) is 13.1. The molecule has 0 aliphatic carbocycles. The number of aryl methyl sites for hydroxylation is 1. The Kier molecular flexibility index (Phi) is 7.11. The van der Waals surface area contributed by atoms with Gasteiger partial charge in [-0.1, -0.05) is 17.3 Å². The number of nitrogens with zero attached hydrogens (tertiary/aromatic N) is 1. The van der Waals surface area contributed by atoms with Crippen LogP contribution in [0.5, 0.6) is 0 Å². The zero-order valence-electron chi connectivity index (χ0n) is 15.5. The van der Waals surface area contributed by atoms with Crippen LogP contribution in [0.1, 0.15) is 36.8 Å². The van der Waals surface area contributed by atoms with Gasteiger partial charge in [-0.25, -0.2) is 0 Å². The highest BCUT2D eigenvalue weighted by atomic mass is 32.2. The molecule has 2 N–H and O–H groups in total. The van der Waals surface area contributed by atoms with Crippen molar-refractivity contribution >= 4 is 29.4 Å². The van der Waals surface area contributed by atoms with E-state index in [1.807, 2.05) is 0 Å². The van der Waals surface area contributed by atoms with E-state index in [1.54, 1.807) is 26.8 Å². The van der Waals surface area contributed by atoms with Gasteiger partial charge in [0.1, 0.15) is 5.76 Å². The molecular weight excluding hydrogens is 395 g/mol. The van der Waals surface area contributed by atoms with Gasteiger partial charge in [-0.05, 0) is 38.5 Å². The molecule has 0 saturated heterocycles. The van der Waals surface area contributed by atoms with Gasteiger partial charge in [0.15, 0.2) is 5.82 Å². The van der Waals surface area contributed by atoms with Crippen molar-refractivity contribution in [2.24, 2.45) is 0 Å². The normalized spacial score (nSPS) is 13.6. The molecule has 0 fully saturated rings. The number of amides is 2. The molecule has 2 aromatic rings. The Hall–Kier alpha value is -2.49. The van der Waals surface area contributed by atoms with Crippen molar-refractivity contribution in [3.8, 4) is 0 Å². The molecule has 28 heavy (non-hydrogen) atoms. The van der Waals surface area contributed by atoms with Crippen LogP contribution in [0.4, 0.5) is 19.0 Å². The number of halogens is 3. The molecule has 2 atom stereocenters. The lowest BCUT2D eigenvalue weighted by atomic mass is 10.0. The first-order valence-corrected chi connectivity index (χ1v) is 9.43. The summed E-state index contributed by atoms with van der Waals surface area (Å²) < 4.78 is 43.2. The minimum absolute atomic E-state index is 0.0181. The Morgan fingerprint density at radius 2 is 1.96 bits per heavy atom. The Bertz CT molecular complexity index is 839. The van der Waals surface area contributed by atoms with E-state index in [1.165, 1.54) is 12.1 Å². The van der Waals surface area contributed by atoms with Gasteiger partial charge in [-0.15, -0.1) is 11.8 Å². The molecule has 10 heteroatoms. The van der Waals surface area contributed by atoms with Gasteiger partial charge in [0.25, 0.3) is 0 Å². The van der Waals surface area contributed by atoms with Crippen molar-refractivity contribution in [1.82, 2.24) is 10.5 Å². The molecular formula is C18H20F3N3O3S. The fourth-order valence-electron chi connectivity index (χ4n) is 2.28. The molecule has 1 aromatic carbocycles. The maximum atomic E-state index is 12.8. The van der Waals surface area contributed by atoms with Crippen LogP contribution in [0, 0.1) is 6.92 Å². The van der Waals surface area contributed by atoms with Gasteiger partial charge in [0.2, 0.25) is 11.8 Å². The molecule has 0 radical (unpaired) electrons. The standard InChI is InChI=1S/C18H20F3N3O3S/c1-10-7-15(24-27-10)23-17(26)12(3)28-9-16(25)22-11(2)13-5-4-6-14(8-13)18(19,20)21/h4-8,11-12H,9H2,1-3H3,(H,22,25)(H,23,24,26). The van der Waals surface area contributed by atoms with Crippen LogP contribution in [-0.2, 0) is 15.8 Å². The van der Waals surface area contributed by atoms with E-state index in [0.717, 1.165) is 23.9 Å². The smallest absolute Gasteiger partial charge is 0.360 e. The number of rotatable bonds is 7. The summed E-state index contributed by atoms with van der Waals surface area (Å²) in [4.78, 5) is 24.1. The third-order valence-corrected chi connectivity index (χ3v) is 4.95. The van der Waals surface area contributed by atoms with Crippen molar-refractivity contribution in [2.75, 3.05) is 11.1 Å². The van der Waals surface area contributed by atoms with Crippen LogP contribution in [0.25, 0.3) is 0 Å². The largest absolute Gasteiger partial charge is 0.416 e. The Labute approximate surface area is 164 Å². The summed E-state index contributed by atoms with van der Waals surface area (Å²) in [5.74, 6) is 0.107. The molecule has 0 spiro atoms. The van der Waals surface area contributed by atoms with E-state index in [9.17, 15) is 22.8 Å². The van der Waals surface area contributed by atoms with Crippen molar-refractivity contribution in [1.29, 1.82) is 0 Å². The predicted molar refractivity (Wildman–Crippen MR) is 99.8 cm³/mol. The van der Waals surface area contributed by atoms with Crippen LogP contribution in [-0.4, -0.2) is 28.0 Å². The van der Waals surface area contributed by atoms with Crippen LogP contribution >= 0.6 is 11.8 Å². The maximum absolute atomic E-state index is 12.8. The lowest BCUT2D eigenvalue weighted by molar-refractivity contribution is -0.137. The highest BCUT2D eigenvalue weighted by Gasteiger charge is 2.30. The number of anilines is 1. The molecule has 1 aromatic heterocycles. The minimum Gasteiger partial charge on any atom is -0.360 e. The Balaban J connectivity index is 1.83. The number of hydrogen-bond donors (Lipinski definition) is 2. The third-order valence-electron chi connectivity index (χ3n) is 3.80. The van der Waals surface area contributed by atoms with Crippen molar-refractivity contribution < 1.29 is 27.3 Å². The number of carbonyl (C=O) groups excluding carboxylic acids is 2. The van der Waals surface area contributed by atoms with Crippen molar-refractivity contribution in [3.05, 3.63) is 47.2 Å². The van der Waals surface area contributed by atoms with Gasteiger partial charge in [0, 0.05) is 6.07 Å². The average molecular weight is 415 g/mol. The topological polar surface area (TPSA) is 84.2 Å². The fourth-order valence-corrected chi connectivity index (χ4v) is 2.98. The second-order valence-electron chi connectivity index (χ2n) is 6.18. The zero-order chi connectivity index (χ0) is 20.9. The maximum Gasteiger partial charge on any atom is 0.416 e. The molecule has 2 amide bonds. The third kappa shape index (κ3) is 6.29. The molecule has 0 aliphatic rings. The molecule has 0 bridgehead atoms. The van der Waals surface area contributed by atoms with E-state index in [2.05, 4.69) is 15.8 Å². The number of aromatic nitrogens is 1. The summed E-state index contributed by atoms with van der Waals surface area (Å²) >= 11 is 1.10. The summed E-state index contributed by atoms with van der Waals surface area (Å²) in [5.41, 5.74) is -0.422. The summed E-state index contributed by atoms with van der Waals surface area (Å²) in [6.07, 6.45) is -4.44. The highest BCUT2D eigenvalue weighted by Crippen LogP contribution is 2.30. The summed E-state index contributed by atoms with van der Waals surface area (Å²) in [6, 6.07) is 5.77. The van der Waals surface area contributed by atoms with E-state index in [0.29, 0.717) is 11.3 Å². The van der Waals surface area contributed by atoms with Crippen LogP contribution in [0.3, 0.4) is 0 Å². The molecule has 1 heterocycles. The van der Waals surface area contributed by atoms with Crippen LogP contribution in [0.15, 0.2) is 34.9 Å². The number of carbonyl (C=O) groups is 2. The lowest BCUT2D eigenvalue weighted by Crippen LogP contribution is -2.30. The second kappa shape index (κ2) is 9.13. The van der Waals surface area contributed by atoms with Gasteiger partial charge >= 0.3 is 6.18 Å². The summed E-state index contributed by atoms with van der Waals surface area (Å²) in [5, 5.41) is 8.33. The van der Waals surface area contributed by atoms with E-state index in [-0.39, 0.29) is 23.4 Å². The summed E-state index contributed by atoms with van der Waals surface area (Å²) in [6.45, 7) is 4.92. The van der Waals surface area contributed by atoms with E-state index < -0.39 is 23.0 Å². The van der Waals surface area contributed by atoms with Gasteiger partial charge < -0.3 is 15.2 Å². The number of hydrogen-bond acceptors (Lipinski definition) is 5. The van der Waals surface area contributed by atoms with Crippen LogP contribution < -0.4 is 10.6 Å². The molecule has 152 valence electrons. The molecule has 2 unspecified atom stereocenters. The molecule has 6 nitrogen and oxygen atoms in total. The quantitative estimate of drug-likeness (QED) is 0.716. The average Bonchev–Trinajstić information content (AvgIpc) is 3.03. The first kappa shape index (κ1) is 21.8. The van der Waals surface area contributed by atoms with Crippen LogP contribution in [0.2, 0.25) is 0 Å². The van der Waals surface area contributed by atoms with E-state index >= 15 is 0 Å². The summed E-state index contributed by atoms with van der Waals surface area (Å²) in [7, 11) is 0. The predicted octanol–water partition coefficient (Wildman–Crippen LogP) is 3.94. The lowest BCUT2D eigenvalue weighted by Gasteiger charge is -2.17. The van der Waals surface area contributed by atoms with Gasteiger partial charge in [0.05, 0.1) is 22.6 Å². The van der Waals surface area contributed by atoms with Gasteiger partial charge in [-0.2, -0.15) is 13.2 Å². The molecule has 0 aliphatic heterocycles. The molecule has 0 saturated carbocycles. The van der Waals surface area contributed by atoms with Crippen molar-refractivity contribution in [2.45, 2.75) is 38.2 Å².